The van der Waals surface area contributed by atoms with Gasteiger partial charge in [-0.3, -0.25) is 14.5 Å². The van der Waals surface area contributed by atoms with Gasteiger partial charge in [0, 0.05) is 11.9 Å². The van der Waals surface area contributed by atoms with E-state index in [2.05, 4.69) is 14.7 Å². The summed E-state index contributed by atoms with van der Waals surface area (Å²) in [5.41, 5.74) is 1.02. The van der Waals surface area contributed by atoms with Crippen LogP contribution in [0.5, 0.6) is 0 Å². The lowest BCUT2D eigenvalue weighted by Gasteiger charge is -2.17. The van der Waals surface area contributed by atoms with Crippen molar-refractivity contribution in [2.45, 2.75) is 18.2 Å². The zero-order valence-electron chi connectivity index (χ0n) is 15.5. The fourth-order valence-corrected chi connectivity index (χ4v) is 5.56. The number of sulfonamides is 1. The van der Waals surface area contributed by atoms with E-state index < -0.39 is 10.0 Å². The van der Waals surface area contributed by atoms with Gasteiger partial charge in [0.2, 0.25) is 17.8 Å². The van der Waals surface area contributed by atoms with Crippen LogP contribution >= 0.6 is 0 Å². The molecule has 148 valence electrons. The second-order valence-electron chi connectivity index (χ2n) is 7.63. The van der Waals surface area contributed by atoms with Gasteiger partial charge in [-0.2, -0.15) is 0 Å². The fourth-order valence-electron chi connectivity index (χ4n) is 4.61. The van der Waals surface area contributed by atoms with Crippen LogP contribution in [0.3, 0.4) is 0 Å². The van der Waals surface area contributed by atoms with Crippen LogP contribution in [0, 0.1) is 30.6 Å². The molecule has 5 rings (SSSR count). The van der Waals surface area contributed by atoms with Gasteiger partial charge in [0.15, 0.2) is 0 Å². The summed E-state index contributed by atoms with van der Waals surface area (Å²) in [6.07, 6.45) is 6.40. The van der Waals surface area contributed by atoms with Crippen LogP contribution in [-0.4, -0.2) is 30.2 Å². The Balaban J connectivity index is 1.39. The number of aromatic nitrogens is 2. The molecule has 2 fully saturated rings. The van der Waals surface area contributed by atoms with Crippen LogP contribution in [0.4, 0.5) is 11.6 Å². The summed E-state index contributed by atoms with van der Waals surface area (Å²) in [5.74, 6) is -0.733. The molecule has 2 bridgehead atoms. The number of anilines is 2. The van der Waals surface area contributed by atoms with Gasteiger partial charge in [-0.05, 0) is 55.5 Å². The third kappa shape index (κ3) is 2.76. The third-order valence-corrected chi connectivity index (χ3v) is 7.24. The largest absolute Gasteiger partial charge is 0.274 e. The van der Waals surface area contributed by atoms with Crippen LogP contribution in [0.1, 0.15) is 12.1 Å². The van der Waals surface area contributed by atoms with E-state index in [1.807, 2.05) is 12.2 Å². The van der Waals surface area contributed by atoms with Crippen molar-refractivity contribution in [1.82, 2.24) is 9.97 Å². The molecule has 2 heterocycles. The molecule has 4 atom stereocenters. The highest BCUT2D eigenvalue weighted by Gasteiger charge is 2.59. The quantitative estimate of drug-likeness (QED) is 0.609. The van der Waals surface area contributed by atoms with E-state index in [0.717, 1.165) is 6.42 Å². The Morgan fingerprint density at radius 1 is 1.00 bits per heavy atom. The van der Waals surface area contributed by atoms with Gasteiger partial charge in [-0.1, -0.05) is 12.2 Å². The molecular weight excluding hydrogens is 392 g/mol. The minimum absolute atomic E-state index is 0.00705. The number of hydrogen-bond donors (Lipinski definition) is 1. The summed E-state index contributed by atoms with van der Waals surface area (Å²) < 4.78 is 27.5. The molecule has 1 aromatic carbocycles. The molecule has 1 saturated carbocycles. The van der Waals surface area contributed by atoms with E-state index in [4.69, 9.17) is 0 Å². The number of hydrogen-bond acceptors (Lipinski definition) is 6. The molecule has 0 radical (unpaired) electrons. The lowest BCUT2D eigenvalue weighted by atomic mass is 9.85. The number of carbonyl (C=O) groups is 2. The molecule has 1 aromatic heterocycles. The van der Waals surface area contributed by atoms with Gasteiger partial charge in [0.05, 0.1) is 22.4 Å². The second kappa shape index (κ2) is 6.21. The number of fused-ring (bicyclic) bond motifs is 5. The van der Waals surface area contributed by atoms with E-state index >= 15 is 0 Å². The average Bonchev–Trinajstić information content (AvgIpc) is 3.35. The number of nitrogens with zero attached hydrogens (tertiary/aromatic N) is 3. The summed E-state index contributed by atoms with van der Waals surface area (Å²) in [5, 5.41) is 0. The number of carbonyl (C=O) groups excluding carboxylic acids is 2. The van der Waals surface area contributed by atoms with E-state index in [9.17, 15) is 18.0 Å². The van der Waals surface area contributed by atoms with Crippen LogP contribution in [0.2, 0.25) is 0 Å². The summed E-state index contributed by atoms with van der Waals surface area (Å²) in [6.45, 7) is 1.73. The first-order valence-electron chi connectivity index (χ1n) is 9.34. The highest BCUT2D eigenvalue weighted by molar-refractivity contribution is 7.92. The topological polar surface area (TPSA) is 109 Å². The molecule has 0 spiro atoms. The third-order valence-electron chi connectivity index (χ3n) is 5.90. The smallest absolute Gasteiger partial charge is 0.264 e. The number of rotatable bonds is 4. The minimum atomic E-state index is -3.89. The first-order valence-corrected chi connectivity index (χ1v) is 10.8. The number of allylic oxidation sites excluding steroid dienone is 2. The van der Waals surface area contributed by atoms with Gasteiger partial charge >= 0.3 is 0 Å². The van der Waals surface area contributed by atoms with Crippen molar-refractivity contribution in [2.75, 3.05) is 9.62 Å². The number of imide groups is 1. The van der Waals surface area contributed by atoms with E-state index in [1.165, 1.54) is 35.4 Å². The summed E-state index contributed by atoms with van der Waals surface area (Å²) in [4.78, 5) is 34.9. The Hall–Kier alpha value is -3.07. The number of amides is 2. The molecule has 1 N–H and O–H groups in total. The monoisotopic (exact) mass is 410 g/mol. The minimum Gasteiger partial charge on any atom is -0.274 e. The van der Waals surface area contributed by atoms with Gasteiger partial charge in [0.1, 0.15) is 0 Å². The van der Waals surface area contributed by atoms with Gasteiger partial charge in [-0.15, -0.1) is 0 Å². The summed E-state index contributed by atoms with van der Waals surface area (Å²) >= 11 is 0. The fraction of sp³-hybridized carbons (Fsp3) is 0.300. The molecule has 2 amide bonds. The molecule has 3 aliphatic rings. The lowest BCUT2D eigenvalue weighted by Crippen LogP contribution is -2.32. The molecule has 1 saturated heterocycles. The van der Waals surface area contributed by atoms with E-state index in [1.54, 1.807) is 13.0 Å². The predicted octanol–water partition coefficient (Wildman–Crippen LogP) is 1.90. The van der Waals surface area contributed by atoms with Crippen molar-refractivity contribution >= 4 is 33.5 Å². The Labute approximate surface area is 167 Å². The maximum atomic E-state index is 12.9. The molecule has 2 aliphatic carbocycles. The Morgan fingerprint density at radius 2 is 1.62 bits per heavy atom. The Bertz CT molecular complexity index is 1130. The van der Waals surface area contributed by atoms with Crippen LogP contribution < -0.4 is 9.62 Å². The number of benzene rings is 1. The molecule has 2 aromatic rings. The highest BCUT2D eigenvalue weighted by Crippen LogP contribution is 2.53. The first-order chi connectivity index (χ1) is 13.8. The SMILES string of the molecule is Cc1ccnc(NS(=O)(=O)c2ccc(N3C(=O)C4C5C=CC(C5)C4C3=O)cc2)n1. The zero-order chi connectivity index (χ0) is 20.3. The van der Waals surface area contributed by atoms with Crippen molar-refractivity contribution < 1.29 is 18.0 Å². The summed E-state index contributed by atoms with van der Waals surface area (Å²) in [6, 6.07) is 7.37. The molecule has 9 heteroatoms. The lowest BCUT2D eigenvalue weighted by molar-refractivity contribution is -0.123. The van der Waals surface area contributed by atoms with E-state index in [0.29, 0.717) is 11.4 Å². The molecule has 4 unspecified atom stereocenters. The standard InChI is InChI=1S/C20H18N4O4S/c1-11-8-9-21-20(22-11)23-29(27,28)15-6-4-14(5-7-15)24-18(25)16-12-2-3-13(10-12)17(16)19(24)26/h2-9,12-13,16-17H,10H2,1H3,(H,21,22,23). The molecule has 8 nitrogen and oxygen atoms in total. The maximum Gasteiger partial charge on any atom is 0.264 e. The molecule has 29 heavy (non-hydrogen) atoms. The predicted molar refractivity (Wildman–Crippen MR) is 104 cm³/mol. The molecule has 1 aliphatic heterocycles. The van der Waals surface area contributed by atoms with Crippen molar-refractivity contribution in [1.29, 1.82) is 0 Å². The second-order valence-corrected chi connectivity index (χ2v) is 9.32. The molecular formula is C20H18N4O4S. The summed E-state index contributed by atoms with van der Waals surface area (Å²) in [7, 11) is -3.89. The Morgan fingerprint density at radius 3 is 2.21 bits per heavy atom. The zero-order valence-corrected chi connectivity index (χ0v) is 16.3. The highest BCUT2D eigenvalue weighted by atomic mass is 32.2. The number of aryl methyl sites for hydroxylation is 1. The van der Waals surface area contributed by atoms with Crippen LogP contribution in [-0.2, 0) is 19.6 Å². The first kappa shape index (κ1) is 18.0. The van der Waals surface area contributed by atoms with Crippen molar-refractivity contribution in [3.05, 3.63) is 54.4 Å². The van der Waals surface area contributed by atoms with Crippen molar-refractivity contribution in [3.63, 3.8) is 0 Å². The van der Waals surface area contributed by atoms with Crippen molar-refractivity contribution in [2.24, 2.45) is 23.7 Å². The van der Waals surface area contributed by atoms with Gasteiger partial charge in [0.25, 0.3) is 10.0 Å². The normalized spacial score (nSPS) is 27.6. The Kier molecular flexibility index (Phi) is 3.86. The van der Waals surface area contributed by atoms with Crippen LogP contribution in [0.25, 0.3) is 0 Å². The van der Waals surface area contributed by atoms with Crippen LogP contribution in [0.15, 0.2) is 53.6 Å². The van der Waals surface area contributed by atoms with Gasteiger partial charge < -0.3 is 0 Å². The number of nitrogens with one attached hydrogen (secondary N) is 1. The average molecular weight is 410 g/mol. The van der Waals surface area contributed by atoms with E-state index in [-0.39, 0.29) is 46.3 Å². The maximum absolute atomic E-state index is 12.9. The van der Waals surface area contributed by atoms with Crippen molar-refractivity contribution in [3.8, 4) is 0 Å². The van der Waals surface area contributed by atoms with Gasteiger partial charge in [-0.25, -0.2) is 23.1 Å².